The zero-order valence-corrected chi connectivity index (χ0v) is 17.2. The van der Waals surface area contributed by atoms with Crippen molar-refractivity contribution in [1.82, 2.24) is 28.5 Å². The Hall–Kier alpha value is -2.94. The Bertz CT molecular complexity index is 1190. The van der Waals surface area contributed by atoms with Crippen molar-refractivity contribution in [3.63, 3.8) is 0 Å². The topological polar surface area (TPSA) is 88.9 Å². The van der Waals surface area contributed by atoms with Crippen molar-refractivity contribution in [2.75, 3.05) is 13.7 Å². The van der Waals surface area contributed by atoms with Crippen LogP contribution in [0.15, 0.2) is 21.7 Å². The number of aromatic nitrogens is 6. The van der Waals surface area contributed by atoms with Crippen LogP contribution in [0.5, 0.6) is 0 Å². The van der Waals surface area contributed by atoms with Gasteiger partial charge in [0.05, 0.1) is 18.8 Å². The third kappa shape index (κ3) is 3.01. The Labute approximate surface area is 162 Å². The lowest BCUT2D eigenvalue weighted by Gasteiger charge is -2.11. The molecule has 3 heterocycles. The van der Waals surface area contributed by atoms with Gasteiger partial charge in [-0.2, -0.15) is 10.1 Å². The van der Waals surface area contributed by atoms with E-state index in [9.17, 15) is 9.59 Å². The summed E-state index contributed by atoms with van der Waals surface area (Å²) >= 11 is 0. The average molecular weight is 386 g/mol. The Kier molecular flexibility index (Phi) is 5.12. The summed E-state index contributed by atoms with van der Waals surface area (Å²) in [7, 11) is 3.14. The molecule has 0 aliphatic heterocycles. The number of aryl methyl sites for hydroxylation is 2. The van der Waals surface area contributed by atoms with Crippen LogP contribution in [0.25, 0.3) is 17.1 Å². The molecular formula is C19H26N6O3. The van der Waals surface area contributed by atoms with Gasteiger partial charge in [0.2, 0.25) is 5.95 Å². The van der Waals surface area contributed by atoms with Crippen molar-refractivity contribution >= 4 is 11.2 Å². The van der Waals surface area contributed by atoms with Crippen LogP contribution in [-0.4, -0.2) is 42.2 Å². The quantitative estimate of drug-likeness (QED) is 0.595. The van der Waals surface area contributed by atoms with E-state index >= 15 is 0 Å². The van der Waals surface area contributed by atoms with Gasteiger partial charge in [-0.1, -0.05) is 12.2 Å². The van der Waals surface area contributed by atoms with Crippen molar-refractivity contribution < 1.29 is 4.74 Å². The molecule has 0 aliphatic rings. The fraction of sp³-hybridized carbons (Fsp3) is 0.474. The number of methoxy groups -OCH3 is 1. The maximum Gasteiger partial charge on any atom is 0.332 e. The molecule has 0 radical (unpaired) electrons. The Balaban J connectivity index is 2.43. The lowest BCUT2D eigenvalue weighted by Crippen LogP contribution is -2.40. The van der Waals surface area contributed by atoms with Gasteiger partial charge in [-0.05, 0) is 33.3 Å². The SMILES string of the molecule is C=C(C)Cn1c(-n2nc(C)c(C)c2C)nc2c1c(=O)n(CCOC)c(=O)n2C. The minimum atomic E-state index is -0.425. The predicted molar refractivity (Wildman–Crippen MR) is 107 cm³/mol. The molecule has 0 aliphatic carbocycles. The lowest BCUT2D eigenvalue weighted by atomic mass is 10.2. The van der Waals surface area contributed by atoms with Crippen LogP contribution >= 0.6 is 0 Å². The van der Waals surface area contributed by atoms with E-state index < -0.39 is 11.2 Å². The van der Waals surface area contributed by atoms with E-state index in [-0.39, 0.29) is 13.2 Å². The summed E-state index contributed by atoms with van der Waals surface area (Å²) in [4.78, 5) is 30.5. The van der Waals surface area contributed by atoms with Gasteiger partial charge in [-0.15, -0.1) is 0 Å². The summed E-state index contributed by atoms with van der Waals surface area (Å²) in [6, 6.07) is 0. The van der Waals surface area contributed by atoms with E-state index in [4.69, 9.17) is 4.74 Å². The molecule has 9 nitrogen and oxygen atoms in total. The lowest BCUT2D eigenvalue weighted by molar-refractivity contribution is 0.184. The number of nitrogens with zero attached hydrogens (tertiary/aromatic N) is 6. The first-order valence-corrected chi connectivity index (χ1v) is 9.05. The Morgan fingerprint density at radius 1 is 1.18 bits per heavy atom. The molecule has 0 fully saturated rings. The van der Waals surface area contributed by atoms with Crippen LogP contribution in [-0.2, 0) is 24.9 Å². The van der Waals surface area contributed by atoms with Crippen molar-refractivity contribution in [1.29, 1.82) is 0 Å². The largest absolute Gasteiger partial charge is 0.383 e. The molecule has 0 N–H and O–H groups in total. The minimum absolute atomic E-state index is 0.171. The normalized spacial score (nSPS) is 11.5. The van der Waals surface area contributed by atoms with Crippen molar-refractivity contribution in [3.8, 4) is 5.95 Å². The van der Waals surface area contributed by atoms with Gasteiger partial charge < -0.3 is 4.74 Å². The second-order valence-corrected chi connectivity index (χ2v) is 7.13. The third-order valence-corrected chi connectivity index (χ3v) is 5.00. The molecule has 0 saturated heterocycles. The first-order valence-electron chi connectivity index (χ1n) is 9.05. The molecule has 0 aromatic carbocycles. The smallest absolute Gasteiger partial charge is 0.332 e. The minimum Gasteiger partial charge on any atom is -0.383 e. The van der Waals surface area contributed by atoms with Crippen molar-refractivity contribution in [2.24, 2.45) is 7.05 Å². The zero-order chi connectivity index (χ0) is 20.7. The highest BCUT2D eigenvalue weighted by Crippen LogP contribution is 2.20. The molecule has 0 saturated carbocycles. The molecule has 3 aromatic heterocycles. The van der Waals surface area contributed by atoms with E-state index in [0.717, 1.165) is 22.5 Å². The van der Waals surface area contributed by atoms with Crippen LogP contribution in [0.2, 0.25) is 0 Å². The van der Waals surface area contributed by atoms with Gasteiger partial charge in [0.1, 0.15) is 0 Å². The summed E-state index contributed by atoms with van der Waals surface area (Å²) in [5, 5.41) is 4.58. The van der Waals surface area contributed by atoms with Crippen molar-refractivity contribution in [2.45, 2.75) is 40.8 Å². The maximum absolute atomic E-state index is 13.2. The highest BCUT2D eigenvalue weighted by Gasteiger charge is 2.23. The van der Waals surface area contributed by atoms with E-state index in [1.807, 2.05) is 27.7 Å². The molecule has 0 atom stereocenters. The van der Waals surface area contributed by atoms with E-state index in [0.29, 0.717) is 23.7 Å². The van der Waals surface area contributed by atoms with Gasteiger partial charge in [-0.3, -0.25) is 18.5 Å². The molecule has 0 amide bonds. The van der Waals surface area contributed by atoms with E-state index in [1.54, 1.807) is 16.3 Å². The third-order valence-electron chi connectivity index (χ3n) is 5.00. The average Bonchev–Trinajstić information content (AvgIpc) is 3.12. The van der Waals surface area contributed by atoms with Gasteiger partial charge in [0.25, 0.3) is 5.56 Å². The number of rotatable bonds is 6. The summed E-state index contributed by atoms with van der Waals surface area (Å²) in [6.07, 6.45) is 0. The number of hydrogen-bond acceptors (Lipinski definition) is 5. The van der Waals surface area contributed by atoms with Crippen LogP contribution in [0.3, 0.4) is 0 Å². The van der Waals surface area contributed by atoms with Crippen LogP contribution < -0.4 is 11.2 Å². The summed E-state index contributed by atoms with van der Waals surface area (Å²) in [5.74, 6) is 0.489. The van der Waals surface area contributed by atoms with Gasteiger partial charge >= 0.3 is 5.69 Å². The van der Waals surface area contributed by atoms with E-state index in [2.05, 4.69) is 16.7 Å². The highest BCUT2D eigenvalue weighted by molar-refractivity contribution is 5.73. The summed E-state index contributed by atoms with van der Waals surface area (Å²) < 4.78 is 11.1. The molecule has 0 bridgehead atoms. The standard InChI is InChI=1S/C19H26N6O3/c1-11(2)10-24-15-16(20-18(24)25-14(5)12(3)13(4)21-25)22(6)19(27)23(17(15)26)8-9-28-7/h1,8-10H2,2-7H3. The fourth-order valence-electron chi connectivity index (χ4n) is 3.24. The predicted octanol–water partition coefficient (Wildman–Crippen LogP) is 1.23. The fourth-order valence-corrected chi connectivity index (χ4v) is 3.24. The van der Waals surface area contributed by atoms with Crippen LogP contribution in [0.4, 0.5) is 0 Å². The van der Waals surface area contributed by atoms with Gasteiger partial charge in [0.15, 0.2) is 11.2 Å². The summed E-state index contributed by atoms with van der Waals surface area (Å²) in [6.45, 7) is 12.6. The molecule has 3 rings (SSSR count). The van der Waals surface area contributed by atoms with Crippen LogP contribution in [0, 0.1) is 20.8 Å². The van der Waals surface area contributed by atoms with Crippen molar-refractivity contribution in [3.05, 3.63) is 49.9 Å². The second kappa shape index (κ2) is 7.23. The number of imidazole rings is 1. The number of hydrogen-bond donors (Lipinski definition) is 0. The first kappa shape index (κ1) is 19.8. The molecule has 28 heavy (non-hydrogen) atoms. The van der Waals surface area contributed by atoms with Gasteiger partial charge in [-0.25, -0.2) is 9.48 Å². The Morgan fingerprint density at radius 2 is 1.86 bits per heavy atom. The number of ether oxygens (including phenoxy) is 1. The van der Waals surface area contributed by atoms with E-state index in [1.165, 1.54) is 16.2 Å². The monoisotopic (exact) mass is 386 g/mol. The highest BCUT2D eigenvalue weighted by atomic mass is 16.5. The first-order chi connectivity index (χ1) is 13.2. The van der Waals surface area contributed by atoms with Gasteiger partial charge in [0, 0.05) is 26.4 Å². The zero-order valence-electron chi connectivity index (χ0n) is 17.2. The molecule has 0 unspecified atom stereocenters. The maximum atomic E-state index is 13.2. The molecule has 150 valence electrons. The molecular weight excluding hydrogens is 360 g/mol. The number of fused-ring (bicyclic) bond motifs is 1. The Morgan fingerprint density at radius 3 is 2.39 bits per heavy atom. The number of allylic oxidation sites excluding steroid dienone is 1. The second-order valence-electron chi connectivity index (χ2n) is 7.13. The molecule has 3 aromatic rings. The summed E-state index contributed by atoms with van der Waals surface area (Å²) in [5.41, 5.74) is 3.58. The molecule has 0 spiro atoms. The van der Waals surface area contributed by atoms with Crippen LogP contribution in [0.1, 0.15) is 23.9 Å². The molecule has 9 heteroatoms.